The van der Waals surface area contributed by atoms with Crippen molar-refractivity contribution in [2.45, 2.75) is 82.9 Å². The second-order valence-corrected chi connectivity index (χ2v) is 15.1. The Bertz CT molecular complexity index is 1420. The summed E-state index contributed by atoms with van der Waals surface area (Å²) in [6.07, 6.45) is 2.63. The van der Waals surface area contributed by atoms with Crippen molar-refractivity contribution in [3.63, 3.8) is 0 Å². The Morgan fingerprint density at radius 3 is 2.47 bits per heavy atom. The largest absolute Gasteiger partial charge is 0.490 e. The van der Waals surface area contributed by atoms with E-state index in [1.165, 1.54) is 4.31 Å². The lowest BCUT2D eigenvalue weighted by atomic mass is 10.0. The standard InChI is InChI=1S/C35H54N4O7S/c1-25-13-16-30(17-14-25)47(43,44)38(7)23-33-26(2)22-39(27(3)24-40)35(42)31-21-29(36-34(41)12-10-19-37(5)6)15-18-32(31)46-28(4)11-8-9-20-45-33/h13-18,21,26-28,33,40H,8-12,19-20,22-24H2,1-7H3,(H,36,41)/t26-,27-,28+,33-/m1/s1. The van der Waals surface area contributed by atoms with E-state index in [4.69, 9.17) is 9.47 Å². The summed E-state index contributed by atoms with van der Waals surface area (Å²) in [6, 6.07) is 11.3. The number of fused-ring (bicyclic) bond motifs is 1. The topological polar surface area (TPSA) is 129 Å². The monoisotopic (exact) mass is 674 g/mol. The highest BCUT2D eigenvalue weighted by Crippen LogP contribution is 2.29. The van der Waals surface area contributed by atoms with Gasteiger partial charge < -0.3 is 29.7 Å². The molecule has 262 valence electrons. The number of hydrogen-bond acceptors (Lipinski definition) is 8. The van der Waals surface area contributed by atoms with Crippen LogP contribution in [0.4, 0.5) is 5.69 Å². The van der Waals surface area contributed by atoms with Crippen LogP contribution in [-0.2, 0) is 19.6 Å². The second kappa shape index (κ2) is 17.9. The zero-order valence-electron chi connectivity index (χ0n) is 29.1. The second-order valence-electron chi connectivity index (χ2n) is 13.1. The molecular formula is C35H54N4O7S. The van der Waals surface area contributed by atoms with Crippen molar-refractivity contribution in [3.8, 4) is 5.75 Å². The first-order chi connectivity index (χ1) is 22.2. The molecular weight excluding hydrogens is 620 g/mol. The summed E-state index contributed by atoms with van der Waals surface area (Å²) in [6.45, 7) is 8.76. The van der Waals surface area contributed by atoms with Crippen molar-refractivity contribution in [3.05, 3.63) is 53.6 Å². The molecule has 1 aliphatic rings. The summed E-state index contributed by atoms with van der Waals surface area (Å²) >= 11 is 0. The van der Waals surface area contributed by atoms with Crippen LogP contribution >= 0.6 is 0 Å². The van der Waals surface area contributed by atoms with Gasteiger partial charge in [-0.2, -0.15) is 4.31 Å². The Balaban J connectivity index is 1.92. The number of anilines is 1. The first kappa shape index (κ1) is 38.4. The van der Waals surface area contributed by atoms with Crippen LogP contribution in [0.5, 0.6) is 5.75 Å². The maximum absolute atomic E-state index is 14.3. The molecule has 0 fully saturated rings. The van der Waals surface area contributed by atoms with Crippen LogP contribution in [0.15, 0.2) is 47.4 Å². The van der Waals surface area contributed by atoms with Crippen molar-refractivity contribution in [1.82, 2.24) is 14.1 Å². The van der Waals surface area contributed by atoms with E-state index >= 15 is 0 Å². The molecule has 0 radical (unpaired) electrons. The lowest BCUT2D eigenvalue weighted by Crippen LogP contribution is -2.48. The molecule has 47 heavy (non-hydrogen) atoms. The average molecular weight is 675 g/mol. The maximum atomic E-state index is 14.3. The molecule has 2 aromatic rings. The Labute approximate surface area is 281 Å². The number of carbonyl (C=O) groups excluding carboxylic acids is 2. The fourth-order valence-corrected chi connectivity index (χ4v) is 6.67. The van der Waals surface area contributed by atoms with E-state index in [9.17, 15) is 23.1 Å². The van der Waals surface area contributed by atoms with Crippen molar-refractivity contribution >= 4 is 27.5 Å². The van der Waals surface area contributed by atoms with Crippen molar-refractivity contribution in [1.29, 1.82) is 0 Å². The number of aryl methyl sites for hydroxylation is 1. The van der Waals surface area contributed by atoms with Gasteiger partial charge in [0, 0.05) is 44.8 Å². The number of benzene rings is 2. The molecule has 0 aliphatic carbocycles. The SMILES string of the molecule is Cc1ccc(S(=O)(=O)N(C)C[C@H]2OCCCC[C@H](C)Oc3ccc(NC(=O)CCCN(C)C)cc3C(=O)N([C@H](C)CO)C[C@H]2C)cc1. The van der Waals surface area contributed by atoms with Gasteiger partial charge in [-0.3, -0.25) is 9.59 Å². The van der Waals surface area contributed by atoms with Crippen LogP contribution in [-0.4, -0.2) is 112 Å². The minimum atomic E-state index is -3.78. The molecule has 3 rings (SSSR count). The average Bonchev–Trinajstić information content (AvgIpc) is 3.02. The molecule has 12 heteroatoms. The molecule has 0 saturated carbocycles. The summed E-state index contributed by atoms with van der Waals surface area (Å²) in [4.78, 5) is 30.8. The third kappa shape index (κ3) is 11.3. The highest BCUT2D eigenvalue weighted by molar-refractivity contribution is 7.89. The Kier molecular flexibility index (Phi) is 14.7. The van der Waals surface area contributed by atoms with Crippen LogP contribution in [0.3, 0.4) is 0 Å². The molecule has 2 amide bonds. The molecule has 1 aliphatic heterocycles. The minimum Gasteiger partial charge on any atom is -0.490 e. The summed E-state index contributed by atoms with van der Waals surface area (Å²) in [5.74, 6) is -0.395. The molecule has 11 nitrogen and oxygen atoms in total. The molecule has 4 atom stereocenters. The van der Waals surface area contributed by atoms with Gasteiger partial charge in [0.05, 0.1) is 35.3 Å². The maximum Gasteiger partial charge on any atom is 0.258 e. The lowest BCUT2D eigenvalue weighted by Gasteiger charge is -2.35. The number of sulfonamides is 1. The number of hydrogen-bond donors (Lipinski definition) is 2. The zero-order valence-corrected chi connectivity index (χ0v) is 29.9. The van der Waals surface area contributed by atoms with E-state index in [0.29, 0.717) is 30.9 Å². The van der Waals surface area contributed by atoms with Gasteiger partial charge in [0.15, 0.2) is 0 Å². The van der Waals surface area contributed by atoms with Crippen LogP contribution in [0.1, 0.15) is 68.8 Å². The minimum absolute atomic E-state index is 0.0903. The van der Waals surface area contributed by atoms with Gasteiger partial charge in [0.25, 0.3) is 5.91 Å². The number of aliphatic hydroxyl groups excluding tert-OH is 1. The Morgan fingerprint density at radius 2 is 1.81 bits per heavy atom. The van der Waals surface area contributed by atoms with Crippen molar-refractivity contribution < 1.29 is 32.6 Å². The van der Waals surface area contributed by atoms with Crippen LogP contribution in [0, 0.1) is 12.8 Å². The lowest BCUT2D eigenvalue weighted by molar-refractivity contribution is -0.116. The summed E-state index contributed by atoms with van der Waals surface area (Å²) in [7, 11) is 1.68. The van der Waals surface area contributed by atoms with Gasteiger partial charge in [0.2, 0.25) is 15.9 Å². The third-order valence-corrected chi connectivity index (χ3v) is 10.3. The molecule has 0 aromatic heterocycles. The molecule has 0 bridgehead atoms. The van der Waals surface area contributed by atoms with Gasteiger partial charge >= 0.3 is 0 Å². The van der Waals surface area contributed by atoms with E-state index in [1.54, 1.807) is 61.3 Å². The smallest absolute Gasteiger partial charge is 0.258 e. The number of nitrogens with one attached hydrogen (secondary N) is 1. The fraction of sp³-hybridized carbons (Fsp3) is 0.600. The highest BCUT2D eigenvalue weighted by Gasteiger charge is 2.32. The zero-order chi connectivity index (χ0) is 34.7. The number of amides is 2. The van der Waals surface area contributed by atoms with Crippen molar-refractivity contribution in [2.24, 2.45) is 5.92 Å². The number of rotatable bonds is 11. The van der Waals surface area contributed by atoms with E-state index in [0.717, 1.165) is 31.4 Å². The summed E-state index contributed by atoms with van der Waals surface area (Å²) in [5.41, 5.74) is 1.73. The fourth-order valence-electron chi connectivity index (χ4n) is 5.48. The Hall–Kier alpha value is -3.03. The van der Waals surface area contributed by atoms with E-state index in [2.05, 4.69) is 5.32 Å². The quantitative estimate of drug-likeness (QED) is 0.359. The third-order valence-electron chi connectivity index (χ3n) is 8.51. The van der Waals surface area contributed by atoms with Crippen LogP contribution < -0.4 is 10.1 Å². The normalized spacial score (nSPS) is 20.8. The molecule has 2 N–H and O–H groups in total. The van der Waals surface area contributed by atoms with Gasteiger partial charge in [-0.15, -0.1) is 0 Å². The van der Waals surface area contributed by atoms with Gasteiger partial charge in [-0.1, -0.05) is 24.6 Å². The van der Waals surface area contributed by atoms with E-state index in [-0.39, 0.29) is 54.0 Å². The molecule has 0 unspecified atom stereocenters. The number of aliphatic hydroxyl groups is 1. The molecule has 1 heterocycles. The Morgan fingerprint density at radius 1 is 1.11 bits per heavy atom. The van der Waals surface area contributed by atoms with Gasteiger partial charge in [-0.05, 0) is 97.4 Å². The number of nitrogens with zero attached hydrogens (tertiary/aromatic N) is 3. The van der Waals surface area contributed by atoms with Crippen LogP contribution in [0.25, 0.3) is 0 Å². The number of ether oxygens (including phenoxy) is 2. The van der Waals surface area contributed by atoms with Gasteiger partial charge in [-0.25, -0.2) is 8.42 Å². The first-order valence-electron chi connectivity index (χ1n) is 16.5. The summed E-state index contributed by atoms with van der Waals surface area (Å²) < 4.78 is 40.8. The van der Waals surface area contributed by atoms with Crippen molar-refractivity contribution in [2.75, 3.05) is 59.3 Å². The van der Waals surface area contributed by atoms with Gasteiger partial charge in [0.1, 0.15) is 5.75 Å². The molecule has 0 saturated heterocycles. The molecule has 0 spiro atoms. The predicted octanol–water partition coefficient (Wildman–Crippen LogP) is 4.39. The molecule has 2 aromatic carbocycles. The van der Waals surface area contributed by atoms with Crippen LogP contribution in [0.2, 0.25) is 0 Å². The first-order valence-corrected chi connectivity index (χ1v) is 18.0. The highest BCUT2D eigenvalue weighted by atomic mass is 32.2. The number of likely N-dealkylation sites (N-methyl/N-ethyl adjacent to an activating group) is 1. The predicted molar refractivity (Wildman–Crippen MR) is 184 cm³/mol. The summed E-state index contributed by atoms with van der Waals surface area (Å²) in [5, 5.41) is 13.1. The van der Waals surface area contributed by atoms with E-state index in [1.807, 2.05) is 39.8 Å². The van der Waals surface area contributed by atoms with E-state index < -0.39 is 22.2 Å². The number of carbonyl (C=O) groups is 2.